The van der Waals surface area contributed by atoms with Gasteiger partial charge in [-0.05, 0) is 24.7 Å². The summed E-state index contributed by atoms with van der Waals surface area (Å²) in [7, 11) is 0. The Morgan fingerprint density at radius 1 is 1.14 bits per heavy atom. The Hall–Kier alpha value is -0.370. The van der Waals surface area contributed by atoms with Gasteiger partial charge in [0, 0.05) is 6.42 Å². The van der Waals surface area contributed by atoms with Gasteiger partial charge >= 0.3 is 0 Å². The van der Waals surface area contributed by atoms with Crippen LogP contribution in [0.2, 0.25) is 0 Å². The maximum atomic E-state index is 11.7. The minimum absolute atomic E-state index is 0.00238. The first-order valence-electron chi connectivity index (χ1n) is 5.51. The SMILES string of the molecule is CCC(O)(CC)C(=O)CCC(C)(C)C. The maximum Gasteiger partial charge on any atom is 0.164 e. The van der Waals surface area contributed by atoms with Crippen LogP contribution < -0.4 is 0 Å². The highest BCUT2D eigenvalue weighted by Crippen LogP contribution is 2.25. The van der Waals surface area contributed by atoms with Crippen molar-refractivity contribution >= 4 is 5.78 Å². The van der Waals surface area contributed by atoms with Crippen LogP contribution in [0.4, 0.5) is 0 Å². The summed E-state index contributed by atoms with van der Waals surface area (Å²) in [5.41, 5.74) is -0.913. The van der Waals surface area contributed by atoms with E-state index in [1.807, 2.05) is 13.8 Å². The zero-order valence-corrected chi connectivity index (χ0v) is 10.2. The van der Waals surface area contributed by atoms with Gasteiger partial charge in [0.2, 0.25) is 0 Å². The van der Waals surface area contributed by atoms with Crippen molar-refractivity contribution in [3.63, 3.8) is 0 Å². The minimum atomic E-state index is -1.08. The quantitative estimate of drug-likeness (QED) is 0.741. The average molecular weight is 200 g/mol. The van der Waals surface area contributed by atoms with E-state index in [9.17, 15) is 9.90 Å². The molecule has 0 fully saturated rings. The predicted octanol–water partition coefficient (Wildman–Crippen LogP) is 2.93. The first-order valence-corrected chi connectivity index (χ1v) is 5.51. The van der Waals surface area contributed by atoms with Crippen molar-refractivity contribution in [2.45, 2.75) is 65.9 Å². The highest BCUT2D eigenvalue weighted by Gasteiger charge is 2.31. The largest absolute Gasteiger partial charge is 0.382 e. The van der Waals surface area contributed by atoms with Gasteiger partial charge in [0.15, 0.2) is 5.78 Å². The number of carbonyl (C=O) groups is 1. The van der Waals surface area contributed by atoms with Crippen LogP contribution in [-0.4, -0.2) is 16.5 Å². The van der Waals surface area contributed by atoms with Crippen LogP contribution >= 0.6 is 0 Å². The molecule has 0 heterocycles. The van der Waals surface area contributed by atoms with Gasteiger partial charge in [-0.25, -0.2) is 0 Å². The monoisotopic (exact) mass is 200 g/mol. The zero-order chi connectivity index (χ0) is 11.4. The Labute approximate surface area is 87.7 Å². The van der Waals surface area contributed by atoms with Crippen LogP contribution in [-0.2, 0) is 4.79 Å². The summed E-state index contributed by atoms with van der Waals surface area (Å²) in [6.45, 7) is 10.0. The fourth-order valence-corrected chi connectivity index (χ4v) is 1.37. The molecule has 0 radical (unpaired) electrons. The molecule has 2 nitrogen and oxygen atoms in total. The van der Waals surface area contributed by atoms with Crippen LogP contribution in [0.25, 0.3) is 0 Å². The molecule has 0 aliphatic heterocycles. The van der Waals surface area contributed by atoms with E-state index in [2.05, 4.69) is 20.8 Å². The number of aliphatic hydroxyl groups is 1. The summed E-state index contributed by atoms with van der Waals surface area (Å²) >= 11 is 0. The summed E-state index contributed by atoms with van der Waals surface area (Å²) in [6, 6.07) is 0. The molecule has 0 spiro atoms. The second-order valence-electron chi connectivity index (χ2n) is 5.22. The molecular formula is C12H24O2. The summed E-state index contributed by atoms with van der Waals surface area (Å²) in [4.78, 5) is 11.7. The van der Waals surface area contributed by atoms with Crippen LogP contribution in [0.15, 0.2) is 0 Å². The van der Waals surface area contributed by atoms with Gasteiger partial charge in [-0.3, -0.25) is 4.79 Å². The number of Topliss-reactive ketones (excluding diaryl/α,β-unsaturated/α-hetero) is 1. The molecule has 0 saturated carbocycles. The molecule has 0 aromatic heterocycles. The fourth-order valence-electron chi connectivity index (χ4n) is 1.37. The number of hydrogen-bond donors (Lipinski definition) is 1. The number of rotatable bonds is 5. The average Bonchev–Trinajstić information content (AvgIpc) is 2.11. The summed E-state index contributed by atoms with van der Waals surface area (Å²) in [5, 5.41) is 9.94. The third-order valence-corrected chi connectivity index (χ3v) is 2.79. The maximum absolute atomic E-state index is 11.7. The van der Waals surface area contributed by atoms with Crippen molar-refractivity contribution in [2.24, 2.45) is 5.41 Å². The fraction of sp³-hybridized carbons (Fsp3) is 0.917. The Morgan fingerprint density at radius 3 is 1.86 bits per heavy atom. The molecule has 0 aliphatic rings. The predicted molar refractivity (Wildman–Crippen MR) is 59.2 cm³/mol. The topological polar surface area (TPSA) is 37.3 Å². The third kappa shape index (κ3) is 4.23. The van der Waals surface area contributed by atoms with Crippen LogP contribution in [0.5, 0.6) is 0 Å². The Morgan fingerprint density at radius 2 is 1.57 bits per heavy atom. The highest BCUT2D eigenvalue weighted by atomic mass is 16.3. The van der Waals surface area contributed by atoms with E-state index in [0.717, 1.165) is 6.42 Å². The molecule has 0 unspecified atom stereocenters. The molecule has 0 rings (SSSR count). The summed E-state index contributed by atoms with van der Waals surface area (Å²) in [5.74, 6) is -0.00238. The van der Waals surface area contributed by atoms with E-state index >= 15 is 0 Å². The first kappa shape index (κ1) is 13.6. The van der Waals surface area contributed by atoms with Crippen molar-refractivity contribution in [2.75, 3.05) is 0 Å². The molecule has 0 aliphatic carbocycles. The molecule has 1 N–H and O–H groups in total. The second-order valence-corrected chi connectivity index (χ2v) is 5.22. The molecule has 0 atom stereocenters. The lowest BCUT2D eigenvalue weighted by Crippen LogP contribution is -2.37. The molecule has 2 heteroatoms. The lowest BCUT2D eigenvalue weighted by Gasteiger charge is -2.25. The normalized spacial score (nSPS) is 13.0. The second kappa shape index (κ2) is 4.92. The molecule has 0 aromatic carbocycles. The minimum Gasteiger partial charge on any atom is -0.382 e. The Kier molecular flexibility index (Phi) is 4.79. The Bertz CT molecular complexity index is 185. The first-order chi connectivity index (χ1) is 6.25. The molecular weight excluding hydrogens is 176 g/mol. The van der Waals surface area contributed by atoms with Crippen LogP contribution in [0.3, 0.4) is 0 Å². The van der Waals surface area contributed by atoms with Gasteiger partial charge in [0.05, 0.1) is 0 Å². The van der Waals surface area contributed by atoms with Gasteiger partial charge in [-0.1, -0.05) is 34.6 Å². The molecule has 84 valence electrons. The van der Waals surface area contributed by atoms with Gasteiger partial charge in [-0.2, -0.15) is 0 Å². The molecule has 0 bridgehead atoms. The van der Waals surface area contributed by atoms with E-state index in [1.165, 1.54) is 0 Å². The van der Waals surface area contributed by atoms with Gasteiger partial charge in [0.25, 0.3) is 0 Å². The van der Waals surface area contributed by atoms with Gasteiger partial charge in [0.1, 0.15) is 5.60 Å². The number of hydrogen-bond acceptors (Lipinski definition) is 2. The lowest BCUT2D eigenvalue weighted by molar-refractivity contribution is -0.138. The number of ketones is 1. The van der Waals surface area contributed by atoms with E-state index < -0.39 is 5.60 Å². The van der Waals surface area contributed by atoms with Gasteiger partial charge < -0.3 is 5.11 Å². The van der Waals surface area contributed by atoms with Crippen LogP contribution in [0.1, 0.15) is 60.3 Å². The Balaban J connectivity index is 4.20. The van der Waals surface area contributed by atoms with Crippen molar-refractivity contribution in [1.82, 2.24) is 0 Å². The summed E-state index contributed by atoms with van der Waals surface area (Å²) in [6.07, 6.45) is 2.37. The zero-order valence-electron chi connectivity index (χ0n) is 10.2. The van der Waals surface area contributed by atoms with Crippen molar-refractivity contribution in [3.05, 3.63) is 0 Å². The van der Waals surface area contributed by atoms with E-state index in [-0.39, 0.29) is 11.2 Å². The molecule has 14 heavy (non-hydrogen) atoms. The molecule has 0 amide bonds. The van der Waals surface area contributed by atoms with Crippen molar-refractivity contribution < 1.29 is 9.90 Å². The summed E-state index contributed by atoms with van der Waals surface area (Å²) < 4.78 is 0. The van der Waals surface area contributed by atoms with E-state index in [4.69, 9.17) is 0 Å². The third-order valence-electron chi connectivity index (χ3n) is 2.79. The molecule has 0 aromatic rings. The number of carbonyl (C=O) groups excluding carboxylic acids is 1. The van der Waals surface area contributed by atoms with Crippen LogP contribution in [0, 0.1) is 5.41 Å². The smallest absolute Gasteiger partial charge is 0.164 e. The lowest BCUT2D eigenvalue weighted by atomic mass is 9.84. The standard InChI is InChI=1S/C12H24O2/c1-6-12(14,7-2)10(13)8-9-11(3,4)5/h14H,6-9H2,1-5H3. The van der Waals surface area contributed by atoms with Crippen molar-refractivity contribution in [3.8, 4) is 0 Å². The van der Waals surface area contributed by atoms with Gasteiger partial charge in [-0.15, -0.1) is 0 Å². The highest BCUT2D eigenvalue weighted by molar-refractivity contribution is 5.86. The van der Waals surface area contributed by atoms with E-state index in [1.54, 1.807) is 0 Å². The molecule has 0 saturated heterocycles. The van der Waals surface area contributed by atoms with Crippen molar-refractivity contribution in [1.29, 1.82) is 0 Å². The van der Waals surface area contributed by atoms with E-state index in [0.29, 0.717) is 19.3 Å².